The number of amides is 1. The maximum atomic E-state index is 13.0. The molecule has 26 heavy (non-hydrogen) atoms. The van der Waals surface area contributed by atoms with E-state index in [1.807, 2.05) is 36.9 Å². The van der Waals surface area contributed by atoms with Gasteiger partial charge in [-0.2, -0.15) is 0 Å². The van der Waals surface area contributed by atoms with Gasteiger partial charge in [0.1, 0.15) is 5.75 Å². The van der Waals surface area contributed by atoms with Crippen LogP contribution in [0, 0.1) is 5.92 Å². The molecule has 0 fully saturated rings. The zero-order chi connectivity index (χ0) is 19.1. The van der Waals surface area contributed by atoms with Crippen molar-refractivity contribution in [2.45, 2.75) is 52.0 Å². The van der Waals surface area contributed by atoms with Crippen molar-refractivity contribution >= 4 is 11.6 Å². The highest BCUT2D eigenvalue weighted by atomic mass is 16.5. The molecule has 1 aliphatic rings. The molecule has 0 radical (unpaired) electrons. The Morgan fingerprint density at radius 2 is 1.65 bits per heavy atom. The lowest BCUT2D eigenvalue weighted by Gasteiger charge is -2.52. The molecule has 0 aromatic heterocycles. The number of rotatable bonds is 3. The predicted molar refractivity (Wildman–Crippen MR) is 107 cm³/mol. The topological polar surface area (TPSA) is 29.5 Å². The normalized spacial score (nSPS) is 21.4. The van der Waals surface area contributed by atoms with Gasteiger partial charge in [-0.15, -0.1) is 0 Å². The van der Waals surface area contributed by atoms with Crippen LogP contribution in [0.2, 0.25) is 0 Å². The maximum absolute atomic E-state index is 13.0. The van der Waals surface area contributed by atoms with Gasteiger partial charge in [-0.25, -0.2) is 0 Å². The van der Waals surface area contributed by atoms with Crippen molar-refractivity contribution in [1.82, 2.24) is 0 Å². The van der Waals surface area contributed by atoms with Gasteiger partial charge in [0.2, 0.25) is 5.91 Å². The summed E-state index contributed by atoms with van der Waals surface area (Å²) in [6.45, 7) is 10.6. The lowest BCUT2D eigenvalue weighted by atomic mass is 9.65. The van der Waals surface area contributed by atoms with Gasteiger partial charge in [0, 0.05) is 22.6 Å². The molecule has 0 saturated carbocycles. The largest absolute Gasteiger partial charge is 0.497 e. The third kappa shape index (κ3) is 2.90. The van der Waals surface area contributed by atoms with Gasteiger partial charge in [-0.05, 0) is 49.6 Å². The summed E-state index contributed by atoms with van der Waals surface area (Å²) in [6.07, 6.45) is 0.863. The smallest absolute Gasteiger partial charge is 0.230 e. The SMILES string of the molecule is COc1ccc([C@]2(C)CC(C)(C)N(C(=O)C(C)C)c3ccccc32)cc1. The molecule has 0 bridgehead atoms. The molecular formula is C23H29NO2. The summed E-state index contributed by atoms with van der Waals surface area (Å²) < 4.78 is 5.32. The first kappa shape index (κ1) is 18.5. The van der Waals surface area contributed by atoms with Gasteiger partial charge in [-0.1, -0.05) is 51.1 Å². The molecule has 0 unspecified atom stereocenters. The molecule has 1 heterocycles. The van der Waals surface area contributed by atoms with E-state index in [4.69, 9.17) is 4.74 Å². The van der Waals surface area contributed by atoms with Crippen LogP contribution in [0.1, 0.15) is 52.2 Å². The van der Waals surface area contributed by atoms with Gasteiger partial charge < -0.3 is 9.64 Å². The first-order chi connectivity index (χ1) is 12.2. The van der Waals surface area contributed by atoms with Crippen LogP contribution in [0.25, 0.3) is 0 Å². The quantitative estimate of drug-likeness (QED) is 0.763. The summed E-state index contributed by atoms with van der Waals surface area (Å²) in [5.41, 5.74) is 3.04. The highest BCUT2D eigenvalue weighted by Crippen LogP contribution is 2.50. The van der Waals surface area contributed by atoms with E-state index in [0.29, 0.717) is 0 Å². The molecular weight excluding hydrogens is 322 g/mol. The van der Waals surface area contributed by atoms with E-state index in [9.17, 15) is 4.79 Å². The Morgan fingerprint density at radius 3 is 2.23 bits per heavy atom. The van der Waals surface area contributed by atoms with Crippen LogP contribution in [-0.2, 0) is 10.2 Å². The summed E-state index contributed by atoms with van der Waals surface area (Å²) in [7, 11) is 1.69. The number of nitrogens with zero attached hydrogens (tertiary/aromatic N) is 1. The highest BCUT2D eigenvalue weighted by Gasteiger charge is 2.47. The molecule has 0 N–H and O–H groups in total. The molecule has 3 nitrogen and oxygen atoms in total. The second kappa shape index (κ2) is 6.46. The number of fused-ring (bicyclic) bond motifs is 1. The van der Waals surface area contributed by atoms with Crippen LogP contribution in [-0.4, -0.2) is 18.6 Å². The maximum Gasteiger partial charge on any atom is 0.230 e. The van der Waals surface area contributed by atoms with Gasteiger partial charge in [-0.3, -0.25) is 4.79 Å². The molecule has 1 atom stereocenters. The summed E-state index contributed by atoms with van der Waals surface area (Å²) in [6, 6.07) is 16.7. The monoisotopic (exact) mass is 351 g/mol. The molecule has 1 amide bonds. The molecule has 138 valence electrons. The van der Waals surface area contributed by atoms with Crippen molar-refractivity contribution in [1.29, 1.82) is 0 Å². The lowest BCUT2D eigenvalue weighted by molar-refractivity contribution is -0.122. The van der Waals surface area contributed by atoms with Gasteiger partial charge in [0.05, 0.1) is 7.11 Å². The van der Waals surface area contributed by atoms with Crippen LogP contribution in [0.3, 0.4) is 0 Å². The summed E-state index contributed by atoms with van der Waals surface area (Å²) in [5, 5.41) is 0. The molecule has 2 aromatic rings. The first-order valence-corrected chi connectivity index (χ1v) is 9.29. The van der Waals surface area contributed by atoms with Crippen LogP contribution in [0.4, 0.5) is 5.69 Å². The van der Waals surface area contributed by atoms with E-state index in [-0.39, 0.29) is 22.8 Å². The minimum Gasteiger partial charge on any atom is -0.497 e. The number of carbonyl (C=O) groups is 1. The van der Waals surface area contributed by atoms with Crippen molar-refractivity contribution in [3.63, 3.8) is 0 Å². The minimum absolute atomic E-state index is 0.0346. The Kier molecular flexibility index (Phi) is 4.60. The van der Waals surface area contributed by atoms with Crippen LogP contribution in [0.5, 0.6) is 5.75 Å². The van der Waals surface area contributed by atoms with Crippen LogP contribution < -0.4 is 9.64 Å². The van der Waals surface area contributed by atoms with Crippen molar-refractivity contribution in [3.8, 4) is 5.75 Å². The fourth-order valence-corrected chi connectivity index (χ4v) is 4.39. The number of hydrogen-bond donors (Lipinski definition) is 0. The Hall–Kier alpha value is -2.29. The van der Waals surface area contributed by atoms with Gasteiger partial charge in [0.15, 0.2) is 0 Å². The molecule has 0 aliphatic carbocycles. The third-order valence-electron chi connectivity index (χ3n) is 5.57. The molecule has 1 aliphatic heterocycles. The lowest BCUT2D eigenvalue weighted by Crippen LogP contribution is -2.56. The number of hydrogen-bond acceptors (Lipinski definition) is 2. The number of methoxy groups -OCH3 is 1. The molecule has 3 rings (SSSR count). The van der Waals surface area contributed by atoms with Crippen molar-refractivity contribution in [3.05, 3.63) is 59.7 Å². The van der Waals surface area contributed by atoms with E-state index in [1.165, 1.54) is 11.1 Å². The standard InChI is InChI=1S/C23H29NO2/c1-16(2)21(25)24-20-10-8-7-9-19(20)23(5,15-22(24,3)4)17-11-13-18(26-6)14-12-17/h7-14,16H,15H2,1-6H3/t23-/m0/s1. The Morgan fingerprint density at radius 1 is 1.04 bits per heavy atom. The zero-order valence-corrected chi connectivity index (χ0v) is 16.7. The average molecular weight is 351 g/mol. The zero-order valence-electron chi connectivity index (χ0n) is 16.7. The van der Waals surface area contributed by atoms with E-state index in [1.54, 1.807) is 7.11 Å². The van der Waals surface area contributed by atoms with Crippen LogP contribution in [0.15, 0.2) is 48.5 Å². The summed E-state index contributed by atoms with van der Waals surface area (Å²) in [4.78, 5) is 15.0. The first-order valence-electron chi connectivity index (χ1n) is 9.29. The predicted octanol–water partition coefficient (Wildman–Crippen LogP) is 5.17. The average Bonchev–Trinajstić information content (AvgIpc) is 2.61. The Bertz CT molecular complexity index is 807. The van der Waals surface area contributed by atoms with Gasteiger partial charge >= 0.3 is 0 Å². The fourth-order valence-electron chi connectivity index (χ4n) is 4.39. The second-order valence-electron chi connectivity index (χ2n) is 8.40. The molecule has 0 saturated heterocycles. The minimum atomic E-state index is -0.273. The van der Waals surface area contributed by atoms with E-state index in [0.717, 1.165) is 17.9 Å². The summed E-state index contributed by atoms with van der Waals surface area (Å²) in [5.74, 6) is 1.00. The Balaban J connectivity index is 2.19. The number of carbonyl (C=O) groups excluding carboxylic acids is 1. The summed E-state index contributed by atoms with van der Waals surface area (Å²) >= 11 is 0. The number of anilines is 1. The van der Waals surface area contributed by atoms with Crippen molar-refractivity contribution in [2.75, 3.05) is 12.0 Å². The van der Waals surface area contributed by atoms with Gasteiger partial charge in [0.25, 0.3) is 0 Å². The number of para-hydroxylation sites is 1. The van der Waals surface area contributed by atoms with Crippen molar-refractivity contribution < 1.29 is 9.53 Å². The molecule has 2 aromatic carbocycles. The van der Waals surface area contributed by atoms with E-state index in [2.05, 4.69) is 51.1 Å². The van der Waals surface area contributed by atoms with Crippen LogP contribution >= 0.6 is 0 Å². The fraction of sp³-hybridized carbons (Fsp3) is 0.435. The number of benzene rings is 2. The molecule has 0 spiro atoms. The second-order valence-corrected chi connectivity index (χ2v) is 8.40. The third-order valence-corrected chi connectivity index (χ3v) is 5.57. The Labute approximate surface area is 157 Å². The highest BCUT2D eigenvalue weighted by molar-refractivity contribution is 5.97. The number of ether oxygens (including phenoxy) is 1. The van der Waals surface area contributed by atoms with E-state index >= 15 is 0 Å². The van der Waals surface area contributed by atoms with E-state index < -0.39 is 0 Å². The van der Waals surface area contributed by atoms with Crippen molar-refractivity contribution in [2.24, 2.45) is 5.92 Å². The molecule has 3 heteroatoms.